The molecule has 2 aromatic carbocycles. The average molecular weight is 547 g/mol. The summed E-state index contributed by atoms with van der Waals surface area (Å²) in [6.07, 6.45) is 10.3. The summed E-state index contributed by atoms with van der Waals surface area (Å²) in [6, 6.07) is 18.4. The molecule has 0 N–H and O–H groups in total. The Balaban J connectivity index is 0.00000136. The number of rotatable bonds is 7. The average Bonchev–Trinajstić information content (AvgIpc) is 3.05. The first-order chi connectivity index (χ1) is 14.0. The number of halogens is 2. The van der Waals surface area contributed by atoms with Gasteiger partial charge in [0, 0.05) is 0 Å². The molecule has 1 heterocycles. The molecular weight excluding hydrogens is 515 g/mol. The van der Waals surface area contributed by atoms with Crippen LogP contribution in [0.5, 0.6) is 0 Å². The summed E-state index contributed by atoms with van der Waals surface area (Å²) in [5.74, 6) is 0.639. The van der Waals surface area contributed by atoms with E-state index in [2.05, 4.69) is 87.6 Å². The summed E-state index contributed by atoms with van der Waals surface area (Å²) >= 11 is -0.608. The Kier molecular flexibility index (Phi) is 7.70. The molecule has 2 aliphatic carbocycles. The molecule has 2 unspecified atom stereocenters. The molecule has 2 aromatic rings. The van der Waals surface area contributed by atoms with Crippen LogP contribution in [0, 0.1) is 0 Å². The minimum Gasteiger partial charge on any atom is -1.00 e. The van der Waals surface area contributed by atoms with Gasteiger partial charge < -0.3 is 24.8 Å². The Morgan fingerprint density at radius 3 is 2.26 bits per heavy atom. The molecule has 0 radical (unpaired) electrons. The molecule has 0 bridgehead atoms. The van der Waals surface area contributed by atoms with Crippen molar-refractivity contribution in [3.8, 4) is 0 Å². The van der Waals surface area contributed by atoms with E-state index in [1.54, 1.807) is 16.7 Å². The van der Waals surface area contributed by atoms with Crippen molar-refractivity contribution in [3.63, 3.8) is 0 Å². The van der Waals surface area contributed by atoms with Crippen molar-refractivity contribution >= 4 is 19.3 Å². The maximum atomic E-state index is 2.60. The second-order valence-corrected chi connectivity index (χ2v) is 18.7. The van der Waals surface area contributed by atoms with E-state index in [-0.39, 0.29) is 24.8 Å². The Hall–Kier alpha value is -0.400. The molecule has 4 heteroatoms. The summed E-state index contributed by atoms with van der Waals surface area (Å²) in [6.45, 7) is 10.2. The van der Waals surface area contributed by atoms with Gasteiger partial charge in [-0.25, -0.2) is 0 Å². The van der Waals surface area contributed by atoms with Gasteiger partial charge in [-0.05, 0) is 0 Å². The van der Waals surface area contributed by atoms with Gasteiger partial charge in [0.05, 0.1) is 0 Å². The standard InChI is InChI=1S/C16H21.C11H11Si.2ClH.Zr/c1-3-13(4-2)9-10-15-12-11-14-7-5-6-8-16(14)15;1-12(2)10-7-8-5-3-4-6-9(8)11(10)12;;;/h5-8,11-12,15H,3-4,9-10H2,1-2H3;3-7H,1-2H3;2*1H;/q;;;;+2/p-2. The Morgan fingerprint density at radius 1 is 0.903 bits per heavy atom. The van der Waals surface area contributed by atoms with E-state index in [9.17, 15) is 0 Å². The van der Waals surface area contributed by atoms with Crippen LogP contribution >= 0.6 is 0 Å². The zero-order chi connectivity index (χ0) is 20.2. The molecule has 0 nitrogen and oxygen atoms in total. The maximum absolute atomic E-state index is 2.60. The van der Waals surface area contributed by atoms with Crippen molar-refractivity contribution in [2.75, 3.05) is 0 Å². The van der Waals surface area contributed by atoms with Crippen LogP contribution in [-0.4, -0.2) is 8.07 Å². The molecular formula is C27H32Cl2SiZr. The number of hydrogen-bond donors (Lipinski definition) is 0. The van der Waals surface area contributed by atoms with Crippen LogP contribution in [0.15, 0.2) is 59.8 Å². The summed E-state index contributed by atoms with van der Waals surface area (Å²) in [4.78, 5) is 0. The molecule has 162 valence electrons. The summed E-state index contributed by atoms with van der Waals surface area (Å²) < 4.78 is 1.50. The van der Waals surface area contributed by atoms with Gasteiger partial charge in [-0.3, -0.25) is 0 Å². The smallest absolute Gasteiger partial charge is 1.00 e. The van der Waals surface area contributed by atoms with Crippen molar-refractivity contribution < 1.29 is 48.0 Å². The first kappa shape index (κ1) is 25.2. The van der Waals surface area contributed by atoms with Crippen molar-refractivity contribution in [2.24, 2.45) is 0 Å². The first-order valence-corrected chi connectivity index (χ1v) is 17.0. The molecule has 2 atom stereocenters. The van der Waals surface area contributed by atoms with E-state index < -0.39 is 31.3 Å². The third kappa shape index (κ3) is 4.16. The normalized spacial score (nSPS) is 21.4. The molecule has 0 amide bonds. The number of hydrogen-bond acceptors (Lipinski definition) is 0. The molecule has 0 spiro atoms. The molecule has 5 rings (SSSR count). The van der Waals surface area contributed by atoms with Crippen molar-refractivity contribution in [3.05, 3.63) is 82.1 Å². The second-order valence-electron chi connectivity index (χ2n) is 9.70. The van der Waals surface area contributed by atoms with Gasteiger partial charge >= 0.3 is 190 Å². The fourth-order valence-electron chi connectivity index (χ4n) is 5.96. The van der Waals surface area contributed by atoms with E-state index in [0.29, 0.717) is 9.04 Å². The molecule has 31 heavy (non-hydrogen) atoms. The Labute approximate surface area is 213 Å². The molecule has 0 fully saturated rings. The van der Waals surface area contributed by atoms with E-state index in [0.717, 1.165) is 3.63 Å². The predicted octanol–water partition coefficient (Wildman–Crippen LogP) is 1.96. The van der Waals surface area contributed by atoms with Crippen molar-refractivity contribution in [2.45, 2.75) is 65.3 Å². The topological polar surface area (TPSA) is 0 Å². The minimum absolute atomic E-state index is 0. The van der Waals surface area contributed by atoms with E-state index in [1.165, 1.54) is 31.2 Å². The molecule has 0 saturated heterocycles. The minimum atomic E-state index is -1.18. The Bertz CT molecular complexity index is 1020. The van der Waals surface area contributed by atoms with Crippen molar-refractivity contribution in [1.29, 1.82) is 0 Å². The quantitative estimate of drug-likeness (QED) is 0.466. The molecule has 0 aromatic heterocycles. The molecule has 0 saturated carbocycles. The Morgan fingerprint density at radius 2 is 1.55 bits per heavy atom. The van der Waals surface area contributed by atoms with E-state index >= 15 is 0 Å². The predicted molar refractivity (Wildman–Crippen MR) is 124 cm³/mol. The summed E-state index contributed by atoms with van der Waals surface area (Å²) in [5, 5.41) is 3.80. The zero-order valence-electron chi connectivity index (χ0n) is 19.0. The second kappa shape index (κ2) is 9.46. The van der Waals surface area contributed by atoms with Gasteiger partial charge in [-0.1, -0.05) is 0 Å². The number of fused-ring (bicyclic) bond motifs is 3. The SMILES string of the molecule is CC[C](CC)(CCC1C=Cc2ccccc21)[Zr+2][CH]1C2=C(c3ccccc31)[Si]2(C)C.[Cl-].[Cl-]. The first-order valence-electron chi connectivity index (χ1n) is 11.4. The maximum Gasteiger partial charge on any atom is -1.00 e. The van der Waals surface area contributed by atoms with Gasteiger partial charge in [-0.15, -0.1) is 0 Å². The van der Waals surface area contributed by atoms with Gasteiger partial charge in [0.2, 0.25) is 0 Å². The fourth-order valence-corrected chi connectivity index (χ4v) is 18.1. The summed E-state index contributed by atoms with van der Waals surface area (Å²) in [7, 11) is -1.18. The van der Waals surface area contributed by atoms with Crippen LogP contribution in [-0.2, 0) is 23.2 Å². The fraction of sp³-hybridized carbons (Fsp3) is 0.407. The third-order valence-corrected chi connectivity index (χ3v) is 18.2. The number of allylic oxidation sites excluding steroid dienone is 2. The van der Waals surface area contributed by atoms with E-state index in [1.807, 2.05) is 10.4 Å². The van der Waals surface area contributed by atoms with Gasteiger partial charge in [0.15, 0.2) is 0 Å². The van der Waals surface area contributed by atoms with E-state index in [4.69, 9.17) is 0 Å². The third-order valence-electron chi connectivity index (χ3n) is 7.98. The zero-order valence-corrected chi connectivity index (χ0v) is 24.0. The monoisotopic (exact) mass is 544 g/mol. The largest absolute Gasteiger partial charge is 1.00 e. The van der Waals surface area contributed by atoms with Gasteiger partial charge in [-0.2, -0.15) is 0 Å². The van der Waals surface area contributed by atoms with Crippen LogP contribution in [0.25, 0.3) is 11.3 Å². The van der Waals surface area contributed by atoms with Crippen molar-refractivity contribution in [1.82, 2.24) is 0 Å². The molecule has 1 aliphatic heterocycles. The van der Waals surface area contributed by atoms with Crippen LogP contribution < -0.4 is 24.8 Å². The van der Waals surface area contributed by atoms with Gasteiger partial charge in [0.25, 0.3) is 0 Å². The van der Waals surface area contributed by atoms with Crippen LogP contribution in [0.1, 0.15) is 71.3 Å². The van der Waals surface area contributed by atoms with Crippen LogP contribution in [0.2, 0.25) is 16.2 Å². The van der Waals surface area contributed by atoms with Crippen LogP contribution in [0.4, 0.5) is 0 Å². The van der Waals surface area contributed by atoms with Gasteiger partial charge in [0.1, 0.15) is 0 Å². The molecule has 3 aliphatic rings. The van der Waals surface area contributed by atoms with Crippen LogP contribution in [0.3, 0.4) is 0 Å². The number of benzene rings is 2. The summed E-state index contributed by atoms with van der Waals surface area (Å²) in [5.41, 5.74) is 6.37.